The van der Waals surface area contributed by atoms with Gasteiger partial charge in [0.2, 0.25) is 5.91 Å². The van der Waals surface area contributed by atoms with Crippen molar-refractivity contribution in [1.29, 1.82) is 0 Å². The van der Waals surface area contributed by atoms with Crippen LogP contribution in [-0.2, 0) is 14.3 Å². The Balaban J connectivity index is 3.94. The van der Waals surface area contributed by atoms with Crippen LogP contribution in [0.2, 0.25) is 0 Å². The summed E-state index contributed by atoms with van der Waals surface area (Å²) in [6.07, 6.45) is -0.464. The molecule has 0 aliphatic carbocycles. The highest BCUT2D eigenvalue weighted by Gasteiger charge is 2.18. The van der Waals surface area contributed by atoms with Crippen LogP contribution in [0.15, 0.2) is 0 Å². The third-order valence-corrected chi connectivity index (χ3v) is 2.48. The summed E-state index contributed by atoms with van der Waals surface area (Å²) >= 11 is 0. The van der Waals surface area contributed by atoms with E-state index in [-0.39, 0.29) is 18.0 Å². The second-order valence-electron chi connectivity index (χ2n) is 5.96. The van der Waals surface area contributed by atoms with Gasteiger partial charge in [-0.05, 0) is 34.6 Å². The van der Waals surface area contributed by atoms with Crippen molar-refractivity contribution in [2.24, 2.45) is 0 Å². The minimum atomic E-state index is -0.519. The lowest BCUT2D eigenvalue weighted by molar-refractivity contribution is -0.123. The van der Waals surface area contributed by atoms with E-state index in [0.717, 1.165) is 0 Å². The van der Waals surface area contributed by atoms with E-state index in [0.29, 0.717) is 19.7 Å². The molecule has 0 aliphatic rings. The zero-order chi connectivity index (χ0) is 16.5. The molecule has 2 unspecified atom stereocenters. The summed E-state index contributed by atoms with van der Waals surface area (Å²) in [7, 11) is 1.58. The van der Waals surface area contributed by atoms with Crippen molar-refractivity contribution in [3.8, 4) is 0 Å². The Kier molecular flexibility index (Phi) is 8.96. The Bertz CT molecular complexity index is 329. The number of ether oxygens (including phenoxy) is 2. The van der Waals surface area contributed by atoms with Crippen LogP contribution < -0.4 is 16.0 Å². The van der Waals surface area contributed by atoms with E-state index in [1.807, 2.05) is 6.92 Å². The maximum absolute atomic E-state index is 11.7. The summed E-state index contributed by atoms with van der Waals surface area (Å²) in [4.78, 5) is 23.2. The molecule has 3 N–H and O–H groups in total. The first-order valence-corrected chi connectivity index (χ1v) is 7.15. The Morgan fingerprint density at radius 3 is 2.29 bits per heavy atom. The molecule has 0 spiro atoms. The summed E-state index contributed by atoms with van der Waals surface area (Å²) in [6, 6.07) is -0.405. The quantitative estimate of drug-likeness (QED) is 0.573. The van der Waals surface area contributed by atoms with Crippen molar-refractivity contribution in [1.82, 2.24) is 16.0 Å². The summed E-state index contributed by atoms with van der Waals surface area (Å²) in [6.45, 7) is 10.4. The van der Waals surface area contributed by atoms with Crippen LogP contribution in [0, 0.1) is 0 Å². The molecule has 0 rings (SSSR count). The number of carbonyl (C=O) groups is 2. The van der Waals surface area contributed by atoms with Gasteiger partial charge in [-0.1, -0.05) is 0 Å². The van der Waals surface area contributed by atoms with E-state index in [9.17, 15) is 9.59 Å². The second-order valence-corrected chi connectivity index (χ2v) is 5.96. The van der Waals surface area contributed by atoms with Crippen molar-refractivity contribution in [3.63, 3.8) is 0 Å². The number of carbonyl (C=O) groups excluding carboxylic acids is 2. The number of methoxy groups -OCH3 is 1. The fourth-order valence-corrected chi connectivity index (χ4v) is 1.54. The first-order chi connectivity index (χ1) is 9.65. The largest absolute Gasteiger partial charge is 0.444 e. The van der Waals surface area contributed by atoms with Gasteiger partial charge >= 0.3 is 6.09 Å². The van der Waals surface area contributed by atoms with Crippen LogP contribution >= 0.6 is 0 Å². The van der Waals surface area contributed by atoms with Gasteiger partial charge in [-0.3, -0.25) is 4.79 Å². The Morgan fingerprint density at radius 2 is 1.76 bits per heavy atom. The molecule has 0 saturated carbocycles. The standard InChI is InChI=1S/C14H29N3O4/c1-10(9-16-13(19)21-14(3,4)5)17-11(2)12(18)15-7-8-20-6/h10-11,17H,7-9H2,1-6H3,(H,15,18)(H,16,19). The van der Waals surface area contributed by atoms with Crippen LogP contribution in [0.25, 0.3) is 0 Å². The molecule has 0 radical (unpaired) electrons. The summed E-state index contributed by atoms with van der Waals surface area (Å²) < 4.78 is 10.00. The highest BCUT2D eigenvalue weighted by atomic mass is 16.6. The summed E-state index contributed by atoms with van der Waals surface area (Å²) in [5, 5.41) is 8.51. The van der Waals surface area contributed by atoms with Crippen molar-refractivity contribution in [3.05, 3.63) is 0 Å². The highest BCUT2D eigenvalue weighted by Crippen LogP contribution is 2.06. The third-order valence-electron chi connectivity index (χ3n) is 2.48. The zero-order valence-electron chi connectivity index (χ0n) is 13.9. The van der Waals surface area contributed by atoms with Crippen molar-refractivity contribution in [2.75, 3.05) is 26.8 Å². The number of hydrogen-bond acceptors (Lipinski definition) is 5. The molecule has 0 fully saturated rings. The number of alkyl carbamates (subject to hydrolysis) is 1. The predicted octanol–water partition coefficient (Wildman–Crippen LogP) is 0.640. The predicted molar refractivity (Wildman–Crippen MR) is 81.2 cm³/mol. The molecular weight excluding hydrogens is 274 g/mol. The van der Waals surface area contributed by atoms with Crippen LogP contribution in [-0.4, -0.2) is 56.5 Å². The molecule has 0 aromatic rings. The minimum absolute atomic E-state index is 0.0549. The molecule has 0 saturated heterocycles. The molecule has 124 valence electrons. The number of nitrogens with one attached hydrogen (secondary N) is 3. The topological polar surface area (TPSA) is 88.7 Å². The molecule has 0 heterocycles. The highest BCUT2D eigenvalue weighted by molar-refractivity contribution is 5.81. The maximum Gasteiger partial charge on any atom is 0.407 e. The molecule has 21 heavy (non-hydrogen) atoms. The van der Waals surface area contributed by atoms with E-state index in [2.05, 4.69) is 16.0 Å². The third kappa shape index (κ3) is 11.0. The monoisotopic (exact) mass is 303 g/mol. The molecule has 2 atom stereocenters. The molecule has 0 aromatic heterocycles. The molecule has 0 bridgehead atoms. The van der Waals surface area contributed by atoms with Gasteiger partial charge in [-0.25, -0.2) is 4.79 Å². The number of rotatable bonds is 8. The first-order valence-electron chi connectivity index (χ1n) is 7.15. The van der Waals surface area contributed by atoms with Crippen molar-refractivity contribution < 1.29 is 19.1 Å². The number of hydrogen-bond donors (Lipinski definition) is 3. The summed E-state index contributed by atoms with van der Waals surface area (Å²) in [5.41, 5.74) is -0.519. The van der Waals surface area contributed by atoms with Crippen LogP contribution in [0.5, 0.6) is 0 Å². The minimum Gasteiger partial charge on any atom is -0.444 e. The van der Waals surface area contributed by atoms with Gasteiger partial charge in [0, 0.05) is 26.2 Å². The van der Waals surface area contributed by atoms with Crippen LogP contribution in [0.3, 0.4) is 0 Å². The smallest absolute Gasteiger partial charge is 0.407 e. The van der Waals surface area contributed by atoms with Gasteiger partial charge in [-0.15, -0.1) is 0 Å². The first kappa shape index (κ1) is 19.7. The number of amides is 2. The maximum atomic E-state index is 11.7. The molecule has 2 amide bonds. The van der Waals surface area contributed by atoms with Gasteiger partial charge in [0.05, 0.1) is 12.6 Å². The molecular formula is C14H29N3O4. The molecule has 0 aliphatic heterocycles. The van der Waals surface area contributed by atoms with Gasteiger partial charge in [-0.2, -0.15) is 0 Å². The molecule has 7 heteroatoms. The zero-order valence-corrected chi connectivity index (χ0v) is 13.9. The lowest BCUT2D eigenvalue weighted by atomic mass is 10.2. The molecule has 0 aromatic carbocycles. The normalized spacial score (nSPS) is 14.2. The van der Waals surface area contributed by atoms with E-state index in [4.69, 9.17) is 9.47 Å². The van der Waals surface area contributed by atoms with E-state index in [1.54, 1.807) is 34.8 Å². The molecule has 7 nitrogen and oxygen atoms in total. The average Bonchev–Trinajstić information content (AvgIpc) is 2.34. The van der Waals surface area contributed by atoms with Crippen LogP contribution in [0.1, 0.15) is 34.6 Å². The van der Waals surface area contributed by atoms with Gasteiger partial charge < -0.3 is 25.4 Å². The van der Waals surface area contributed by atoms with E-state index >= 15 is 0 Å². The Labute approximate surface area is 127 Å². The lowest BCUT2D eigenvalue weighted by Crippen LogP contribution is -2.50. The van der Waals surface area contributed by atoms with Gasteiger partial charge in [0.15, 0.2) is 0 Å². The SMILES string of the molecule is COCCNC(=O)C(C)NC(C)CNC(=O)OC(C)(C)C. The lowest BCUT2D eigenvalue weighted by Gasteiger charge is -2.22. The Hall–Kier alpha value is -1.34. The van der Waals surface area contributed by atoms with Crippen molar-refractivity contribution >= 4 is 12.0 Å². The fraction of sp³-hybridized carbons (Fsp3) is 0.857. The van der Waals surface area contributed by atoms with E-state index < -0.39 is 11.7 Å². The van der Waals surface area contributed by atoms with Crippen molar-refractivity contribution in [2.45, 2.75) is 52.3 Å². The average molecular weight is 303 g/mol. The van der Waals surface area contributed by atoms with Gasteiger partial charge in [0.25, 0.3) is 0 Å². The van der Waals surface area contributed by atoms with Gasteiger partial charge in [0.1, 0.15) is 5.60 Å². The summed E-state index contributed by atoms with van der Waals surface area (Å²) in [5.74, 6) is -0.101. The fourth-order valence-electron chi connectivity index (χ4n) is 1.54. The van der Waals surface area contributed by atoms with Crippen LogP contribution in [0.4, 0.5) is 4.79 Å². The Morgan fingerprint density at radius 1 is 1.14 bits per heavy atom. The van der Waals surface area contributed by atoms with E-state index in [1.165, 1.54) is 0 Å². The second kappa shape index (κ2) is 9.57.